The van der Waals surface area contributed by atoms with Crippen molar-refractivity contribution < 1.29 is 9.53 Å². The number of carbonyl (C=O) groups excluding carboxylic acids is 1. The molecule has 0 radical (unpaired) electrons. The predicted molar refractivity (Wildman–Crippen MR) is 64.1 cm³/mol. The molecule has 17 heavy (non-hydrogen) atoms. The number of carbonyl (C=O) groups is 1. The molecule has 1 aromatic rings. The molecule has 0 bridgehead atoms. The van der Waals surface area contributed by atoms with Gasteiger partial charge in [0.05, 0.1) is 12.6 Å². The number of hydrogen-bond donors (Lipinski definition) is 0. The van der Waals surface area contributed by atoms with E-state index in [4.69, 9.17) is 4.74 Å². The van der Waals surface area contributed by atoms with Crippen LogP contribution in [0.2, 0.25) is 0 Å². The summed E-state index contributed by atoms with van der Waals surface area (Å²) in [5.41, 5.74) is 1.05. The lowest BCUT2D eigenvalue weighted by Crippen LogP contribution is -2.32. The average molecular weight is 229 g/mol. The van der Waals surface area contributed by atoms with E-state index >= 15 is 0 Å². The molecule has 2 aliphatic heterocycles. The van der Waals surface area contributed by atoms with Crippen LogP contribution >= 0.6 is 0 Å². The highest BCUT2D eigenvalue weighted by Crippen LogP contribution is 2.40. The van der Waals surface area contributed by atoms with Gasteiger partial charge in [0.2, 0.25) is 5.91 Å². The normalized spacial score (nSPS) is 31.6. The number of benzene rings is 1. The van der Waals surface area contributed by atoms with Crippen LogP contribution in [0.1, 0.15) is 18.2 Å². The smallest absolute Gasteiger partial charge is 0.225 e. The summed E-state index contributed by atoms with van der Waals surface area (Å²) < 4.78 is 5.77. The second kappa shape index (κ2) is 4.00. The van der Waals surface area contributed by atoms with Crippen LogP contribution in [-0.4, -0.2) is 23.5 Å². The first kappa shape index (κ1) is 10.5. The van der Waals surface area contributed by atoms with Gasteiger partial charge in [0.15, 0.2) is 6.23 Å². The molecule has 3 rings (SSSR count). The van der Waals surface area contributed by atoms with Gasteiger partial charge in [0.25, 0.3) is 0 Å². The summed E-state index contributed by atoms with van der Waals surface area (Å²) in [6.45, 7) is 4.41. The molecule has 1 amide bonds. The van der Waals surface area contributed by atoms with E-state index in [0.717, 1.165) is 5.56 Å². The topological polar surface area (TPSA) is 29.5 Å². The molecular formula is C14H15NO2. The van der Waals surface area contributed by atoms with Crippen LogP contribution in [0.4, 0.5) is 0 Å². The largest absolute Gasteiger partial charge is 0.352 e. The molecule has 2 saturated heterocycles. The van der Waals surface area contributed by atoms with Gasteiger partial charge in [-0.3, -0.25) is 4.79 Å². The number of fused-ring (bicyclic) bond motifs is 1. The zero-order valence-electron chi connectivity index (χ0n) is 9.58. The SMILES string of the molecule is C=C[C@H]1CC(=O)N2C(c3ccccc3)OC[C@H]12. The molecule has 3 heteroatoms. The van der Waals surface area contributed by atoms with E-state index in [-0.39, 0.29) is 24.1 Å². The summed E-state index contributed by atoms with van der Waals surface area (Å²) in [5.74, 6) is 0.405. The molecule has 3 nitrogen and oxygen atoms in total. The van der Waals surface area contributed by atoms with Crippen molar-refractivity contribution in [1.82, 2.24) is 4.90 Å². The number of hydrogen-bond acceptors (Lipinski definition) is 2. The minimum atomic E-state index is -0.210. The molecule has 0 saturated carbocycles. The Balaban J connectivity index is 1.91. The van der Waals surface area contributed by atoms with Gasteiger partial charge in [0, 0.05) is 17.9 Å². The molecular weight excluding hydrogens is 214 g/mol. The van der Waals surface area contributed by atoms with Crippen LogP contribution in [-0.2, 0) is 9.53 Å². The summed E-state index contributed by atoms with van der Waals surface area (Å²) in [7, 11) is 0. The van der Waals surface area contributed by atoms with Crippen molar-refractivity contribution in [3.8, 4) is 0 Å². The fraction of sp³-hybridized carbons (Fsp3) is 0.357. The van der Waals surface area contributed by atoms with Gasteiger partial charge in [-0.05, 0) is 0 Å². The molecule has 2 fully saturated rings. The Morgan fingerprint density at radius 2 is 2.12 bits per heavy atom. The summed E-state index contributed by atoms with van der Waals surface area (Å²) in [6.07, 6.45) is 2.24. The summed E-state index contributed by atoms with van der Waals surface area (Å²) in [6, 6.07) is 10.1. The molecule has 0 N–H and O–H groups in total. The van der Waals surface area contributed by atoms with Crippen molar-refractivity contribution in [3.63, 3.8) is 0 Å². The third-order valence-electron chi connectivity index (χ3n) is 3.61. The van der Waals surface area contributed by atoms with Crippen LogP contribution in [0, 0.1) is 5.92 Å². The molecule has 2 heterocycles. The third-order valence-corrected chi connectivity index (χ3v) is 3.61. The van der Waals surface area contributed by atoms with E-state index in [1.807, 2.05) is 41.3 Å². The molecule has 1 aromatic carbocycles. The monoisotopic (exact) mass is 229 g/mol. The second-order valence-corrected chi connectivity index (χ2v) is 4.57. The highest BCUT2D eigenvalue weighted by atomic mass is 16.5. The van der Waals surface area contributed by atoms with Crippen LogP contribution in [0.5, 0.6) is 0 Å². The van der Waals surface area contributed by atoms with E-state index in [2.05, 4.69) is 6.58 Å². The maximum Gasteiger partial charge on any atom is 0.225 e. The van der Waals surface area contributed by atoms with Crippen molar-refractivity contribution in [2.45, 2.75) is 18.7 Å². The molecule has 0 spiro atoms. The Hall–Kier alpha value is -1.61. The van der Waals surface area contributed by atoms with Crippen LogP contribution in [0.15, 0.2) is 43.0 Å². The zero-order chi connectivity index (χ0) is 11.8. The van der Waals surface area contributed by atoms with Gasteiger partial charge >= 0.3 is 0 Å². The summed E-state index contributed by atoms with van der Waals surface area (Å²) in [5, 5.41) is 0. The second-order valence-electron chi connectivity index (χ2n) is 4.57. The third kappa shape index (κ3) is 1.58. The molecule has 2 aliphatic rings. The van der Waals surface area contributed by atoms with E-state index in [1.165, 1.54) is 0 Å². The lowest BCUT2D eigenvalue weighted by atomic mass is 10.0. The fourth-order valence-corrected chi connectivity index (χ4v) is 2.73. The maximum absolute atomic E-state index is 12.0. The van der Waals surface area contributed by atoms with Gasteiger partial charge in [-0.25, -0.2) is 0 Å². The number of amides is 1. The number of rotatable bonds is 2. The molecule has 88 valence electrons. The highest BCUT2D eigenvalue weighted by Gasteiger charge is 2.47. The first-order valence-corrected chi connectivity index (χ1v) is 5.91. The van der Waals surface area contributed by atoms with Gasteiger partial charge in [0.1, 0.15) is 0 Å². The summed E-state index contributed by atoms with van der Waals surface area (Å²) >= 11 is 0. The Morgan fingerprint density at radius 1 is 1.35 bits per heavy atom. The minimum absolute atomic E-state index is 0.171. The van der Waals surface area contributed by atoms with Gasteiger partial charge in [-0.1, -0.05) is 36.4 Å². The van der Waals surface area contributed by atoms with Crippen LogP contribution in [0.25, 0.3) is 0 Å². The molecule has 3 atom stereocenters. The van der Waals surface area contributed by atoms with Crippen LogP contribution in [0.3, 0.4) is 0 Å². The van der Waals surface area contributed by atoms with E-state index in [9.17, 15) is 4.79 Å². The quantitative estimate of drug-likeness (QED) is 0.727. The Morgan fingerprint density at radius 3 is 2.82 bits per heavy atom. The molecule has 0 aliphatic carbocycles. The summed E-state index contributed by atoms with van der Waals surface area (Å²) in [4.78, 5) is 13.9. The highest BCUT2D eigenvalue weighted by molar-refractivity contribution is 5.80. The van der Waals surface area contributed by atoms with Crippen molar-refractivity contribution >= 4 is 5.91 Å². The Labute approximate surface area is 101 Å². The Kier molecular flexibility index (Phi) is 2.48. The van der Waals surface area contributed by atoms with Gasteiger partial charge in [-0.2, -0.15) is 0 Å². The predicted octanol–water partition coefficient (Wildman–Crippen LogP) is 2.12. The lowest BCUT2D eigenvalue weighted by Gasteiger charge is -2.23. The molecule has 0 aromatic heterocycles. The zero-order valence-corrected chi connectivity index (χ0v) is 9.58. The standard InChI is InChI=1S/C14H15NO2/c1-2-10-8-13(16)15-12(10)9-17-14(15)11-6-4-3-5-7-11/h2-7,10,12,14H,1,8-9H2/t10-,12+,14?/m0/s1. The minimum Gasteiger partial charge on any atom is -0.352 e. The van der Waals surface area contributed by atoms with Crippen molar-refractivity contribution in [2.24, 2.45) is 5.92 Å². The number of ether oxygens (including phenoxy) is 1. The van der Waals surface area contributed by atoms with Crippen molar-refractivity contribution in [2.75, 3.05) is 6.61 Å². The Bertz CT molecular complexity index is 443. The van der Waals surface area contributed by atoms with E-state index in [1.54, 1.807) is 0 Å². The van der Waals surface area contributed by atoms with Crippen molar-refractivity contribution in [1.29, 1.82) is 0 Å². The first-order valence-electron chi connectivity index (χ1n) is 5.91. The molecule has 1 unspecified atom stereocenters. The maximum atomic E-state index is 12.0. The van der Waals surface area contributed by atoms with Gasteiger partial charge in [-0.15, -0.1) is 6.58 Å². The van der Waals surface area contributed by atoms with Crippen LogP contribution < -0.4 is 0 Å². The lowest BCUT2D eigenvalue weighted by molar-refractivity contribution is -0.134. The van der Waals surface area contributed by atoms with Crippen molar-refractivity contribution in [3.05, 3.63) is 48.6 Å². The first-order chi connectivity index (χ1) is 8.31. The van der Waals surface area contributed by atoms with Gasteiger partial charge < -0.3 is 9.64 Å². The number of nitrogens with zero attached hydrogens (tertiary/aromatic N) is 1. The average Bonchev–Trinajstić information content (AvgIpc) is 2.92. The van der Waals surface area contributed by atoms with E-state index in [0.29, 0.717) is 13.0 Å². The van der Waals surface area contributed by atoms with E-state index < -0.39 is 0 Å². The fourth-order valence-electron chi connectivity index (χ4n) is 2.73.